The van der Waals surface area contributed by atoms with Crippen LogP contribution < -0.4 is 5.32 Å². The molecule has 0 spiro atoms. The Kier molecular flexibility index (Phi) is 4.66. The molecular formula is C12H22FN3O3S. The van der Waals surface area contributed by atoms with Gasteiger partial charge in [0.15, 0.2) is 0 Å². The number of rotatable bonds is 5. The van der Waals surface area contributed by atoms with E-state index in [0.717, 1.165) is 0 Å². The Hall–Kier alpha value is -0.730. The van der Waals surface area contributed by atoms with E-state index in [1.54, 1.807) is 13.8 Å². The topological polar surface area (TPSA) is 69.7 Å². The monoisotopic (exact) mass is 307 g/mol. The second-order valence-corrected chi connectivity index (χ2v) is 8.20. The number of alkyl halides is 1. The molecule has 6 nitrogen and oxygen atoms in total. The molecule has 0 bridgehead atoms. The van der Waals surface area contributed by atoms with Crippen molar-refractivity contribution in [2.75, 3.05) is 32.7 Å². The van der Waals surface area contributed by atoms with Crippen LogP contribution in [0.15, 0.2) is 0 Å². The molecule has 0 aromatic carbocycles. The summed E-state index contributed by atoms with van der Waals surface area (Å²) in [6.07, 6.45) is -0.496. The summed E-state index contributed by atoms with van der Waals surface area (Å²) in [6, 6.07) is 0.0104. The van der Waals surface area contributed by atoms with Crippen LogP contribution >= 0.6 is 0 Å². The summed E-state index contributed by atoms with van der Waals surface area (Å²) in [5.74, 6) is -0.115. The van der Waals surface area contributed by atoms with Crippen LogP contribution in [0.5, 0.6) is 0 Å². The zero-order valence-electron chi connectivity index (χ0n) is 11.9. The number of carbonyl (C=O) groups is 1. The summed E-state index contributed by atoms with van der Waals surface area (Å²) in [5, 5.41) is 2.61. The number of nitrogens with zero attached hydrogens (tertiary/aromatic N) is 2. The number of sulfonamides is 1. The van der Waals surface area contributed by atoms with Crippen molar-refractivity contribution >= 4 is 15.9 Å². The van der Waals surface area contributed by atoms with Crippen LogP contribution in [0.2, 0.25) is 0 Å². The molecule has 2 saturated heterocycles. The van der Waals surface area contributed by atoms with Crippen LogP contribution in [0.25, 0.3) is 0 Å². The molecule has 1 atom stereocenters. The van der Waals surface area contributed by atoms with Crippen molar-refractivity contribution in [1.82, 2.24) is 14.5 Å². The van der Waals surface area contributed by atoms with E-state index in [0.29, 0.717) is 26.1 Å². The summed E-state index contributed by atoms with van der Waals surface area (Å²) in [7, 11) is -3.19. The Bertz CT molecular complexity index is 463. The normalized spacial score (nSPS) is 25.2. The van der Waals surface area contributed by atoms with Gasteiger partial charge in [-0.2, -0.15) is 4.31 Å². The highest BCUT2D eigenvalue weighted by atomic mass is 32.2. The van der Waals surface area contributed by atoms with E-state index in [1.165, 1.54) is 9.21 Å². The zero-order chi connectivity index (χ0) is 14.9. The molecule has 0 aliphatic carbocycles. The lowest BCUT2D eigenvalue weighted by atomic mass is 10.2. The Morgan fingerprint density at radius 2 is 2.00 bits per heavy atom. The molecule has 0 saturated carbocycles. The van der Waals surface area contributed by atoms with Crippen molar-refractivity contribution in [3.63, 3.8) is 0 Å². The number of amides is 1. The van der Waals surface area contributed by atoms with Crippen molar-refractivity contribution in [2.45, 2.75) is 37.7 Å². The van der Waals surface area contributed by atoms with Crippen LogP contribution in [0.1, 0.15) is 20.3 Å². The van der Waals surface area contributed by atoms with Gasteiger partial charge in [0, 0.05) is 25.7 Å². The van der Waals surface area contributed by atoms with Gasteiger partial charge in [0.05, 0.1) is 18.3 Å². The minimum absolute atomic E-state index is 0.0104. The second kappa shape index (κ2) is 5.95. The fourth-order valence-corrected chi connectivity index (χ4v) is 3.73. The third-order valence-electron chi connectivity index (χ3n) is 3.83. The van der Waals surface area contributed by atoms with Gasteiger partial charge < -0.3 is 10.2 Å². The first-order valence-corrected chi connectivity index (χ1v) is 8.45. The SMILES string of the molecule is CC(C)S(=O)(=O)N1CC(NCC(=O)N2CC[C@H](F)C2)C1. The van der Waals surface area contributed by atoms with E-state index in [1.807, 2.05) is 0 Å². The zero-order valence-corrected chi connectivity index (χ0v) is 12.7. The maximum absolute atomic E-state index is 13.0. The Balaban J connectivity index is 1.69. The quantitative estimate of drug-likeness (QED) is 0.748. The summed E-state index contributed by atoms with van der Waals surface area (Å²) >= 11 is 0. The molecule has 2 fully saturated rings. The Morgan fingerprint density at radius 1 is 1.35 bits per heavy atom. The molecule has 2 heterocycles. The predicted octanol–water partition coefficient (Wildman–Crippen LogP) is -0.431. The molecule has 2 aliphatic heterocycles. The first kappa shape index (κ1) is 15.7. The van der Waals surface area contributed by atoms with Crippen LogP contribution in [-0.2, 0) is 14.8 Å². The molecule has 1 N–H and O–H groups in total. The fraction of sp³-hybridized carbons (Fsp3) is 0.917. The van der Waals surface area contributed by atoms with Gasteiger partial charge in [0.2, 0.25) is 15.9 Å². The third-order valence-corrected chi connectivity index (χ3v) is 6.04. The highest BCUT2D eigenvalue weighted by Gasteiger charge is 2.37. The van der Waals surface area contributed by atoms with Gasteiger partial charge in [-0.1, -0.05) is 0 Å². The molecule has 0 radical (unpaired) electrons. The number of nitrogens with one attached hydrogen (secondary N) is 1. The average Bonchev–Trinajstić information content (AvgIpc) is 2.73. The van der Waals surface area contributed by atoms with Gasteiger partial charge in [0.1, 0.15) is 6.17 Å². The maximum atomic E-state index is 13.0. The van der Waals surface area contributed by atoms with Gasteiger partial charge in [-0.15, -0.1) is 0 Å². The van der Waals surface area contributed by atoms with E-state index in [9.17, 15) is 17.6 Å². The van der Waals surface area contributed by atoms with Crippen LogP contribution in [0.4, 0.5) is 4.39 Å². The highest BCUT2D eigenvalue weighted by Crippen LogP contribution is 2.17. The van der Waals surface area contributed by atoms with Gasteiger partial charge in [-0.05, 0) is 20.3 Å². The third kappa shape index (κ3) is 3.29. The molecule has 1 amide bonds. The van der Waals surface area contributed by atoms with E-state index < -0.39 is 21.4 Å². The van der Waals surface area contributed by atoms with Gasteiger partial charge in [0.25, 0.3) is 0 Å². The van der Waals surface area contributed by atoms with E-state index in [-0.39, 0.29) is 25.0 Å². The molecule has 0 unspecified atom stereocenters. The summed E-state index contributed by atoms with van der Waals surface area (Å²) in [6.45, 7) is 4.91. The molecular weight excluding hydrogens is 285 g/mol. The van der Waals surface area contributed by atoms with Crippen molar-refractivity contribution in [3.05, 3.63) is 0 Å². The van der Waals surface area contributed by atoms with Crippen molar-refractivity contribution in [1.29, 1.82) is 0 Å². The molecule has 2 aliphatic rings. The highest BCUT2D eigenvalue weighted by molar-refractivity contribution is 7.89. The first-order valence-electron chi connectivity index (χ1n) is 6.95. The lowest BCUT2D eigenvalue weighted by molar-refractivity contribution is -0.129. The fourth-order valence-electron chi connectivity index (χ4n) is 2.36. The van der Waals surface area contributed by atoms with Crippen LogP contribution in [-0.4, -0.2) is 73.7 Å². The van der Waals surface area contributed by atoms with Crippen molar-refractivity contribution in [2.24, 2.45) is 0 Å². The lowest BCUT2D eigenvalue weighted by Gasteiger charge is -2.39. The minimum Gasteiger partial charge on any atom is -0.339 e. The van der Waals surface area contributed by atoms with Gasteiger partial charge in [-0.3, -0.25) is 4.79 Å². The molecule has 8 heteroatoms. The number of carbonyl (C=O) groups excluding carboxylic acids is 1. The van der Waals surface area contributed by atoms with E-state index in [4.69, 9.17) is 0 Å². The molecule has 20 heavy (non-hydrogen) atoms. The number of halogens is 1. The molecule has 0 aromatic heterocycles. The standard InChI is InChI=1S/C12H22FN3O3S/c1-9(2)20(18,19)16-7-11(8-16)14-5-12(17)15-4-3-10(13)6-15/h9-11,14H,3-8H2,1-2H3/t10-/m0/s1. The Labute approximate surface area is 119 Å². The molecule has 116 valence electrons. The number of likely N-dealkylation sites (tertiary alicyclic amines) is 1. The van der Waals surface area contributed by atoms with Crippen LogP contribution in [0, 0.1) is 0 Å². The minimum atomic E-state index is -3.19. The van der Waals surface area contributed by atoms with Gasteiger partial charge in [-0.25, -0.2) is 12.8 Å². The Morgan fingerprint density at radius 3 is 2.50 bits per heavy atom. The summed E-state index contributed by atoms with van der Waals surface area (Å²) in [5.41, 5.74) is 0. The second-order valence-electron chi connectivity index (χ2n) is 5.71. The van der Waals surface area contributed by atoms with E-state index >= 15 is 0 Å². The van der Waals surface area contributed by atoms with Gasteiger partial charge >= 0.3 is 0 Å². The van der Waals surface area contributed by atoms with Crippen LogP contribution in [0.3, 0.4) is 0 Å². The van der Waals surface area contributed by atoms with Crippen molar-refractivity contribution < 1.29 is 17.6 Å². The smallest absolute Gasteiger partial charge is 0.236 e. The molecule has 0 aromatic rings. The lowest BCUT2D eigenvalue weighted by Crippen LogP contribution is -2.61. The predicted molar refractivity (Wildman–Crippen MR) is 73.5 cm³/mol. The van der Waals surface area contributed by atoms with Crippen molar-refractivity contribution in [3.8, 4) is 0 Å². The largest absolute Gasteiger partial charge is 0.339 e. The summed E-state index contributed by atoms with van der Waals surface area (Å²) < 4.78 is 38.1. The average molecular weight is 307 g/mol. The number of hydrogen-bond acceptors (Lipinski definition) is 4. The molecule has 2 rings (SSSR count). The maximum Gasteiger partial charge on any atom is 0.236 e. The first-order chi connectivity index (χ1) is 9.30. The summed E-state index contributed by atoms with van der Waals surface area (Å²) in [4.78, 5) is 13.3. The van der Waals surface area contributed by atoms with E-state index in [2.05, 4.69) is 5.32 Å². The number of hydrogen-bond donors (Lipinski definition) is 1.